The molecule has 0 aliphatic rings. The van der Waals surface area contributed by atoms with Crippen molar-refractivity contribution < 1.29 is 5.11 Å². The van der Waals surface area contributed by atoms with Gasteiger partial charge in [-0.1, -0.05) is 36.4 Å². The number of nitrogens with one attached hydrogen (secondary N) is 1. The third-order valence-electron chi connectivity index (χ3n) is 3.49. The fourth-order valence-electron chi connectivity index (χ4n) is 2.36. The SMILES string of the molecule is C[C@H](N[C@@H](CCCO)c1cccnc1)c1ccccc1. The van der Waals surface area contributed by atoms with Crippen LogP contribution in [0, 0.1) is 0 Å². The lowest BCUT2D eigenvalue weighted by atomic mass is 10.0. The first-order valence-electron chi connectivity index (χ1n) is 7.13. The molecule has 0 aliphatic heterocycles. The van der Waals surface area contributed by atoms with Crippen LogP contribution in [0.3, 0.4) is 0 Å². The molecule has 2 aromatic rings. The summed E-state index contributed by atoms with van der Waals surface area (Å²) in [5.41, 5.74) is 2.44. The predicted molar refractivity (Wildman–Crippen MR) is 81.3 cm³/mol. The zero-order chi connectivity index (χ0) is 14.2. The van der Waals surface area contributed by atoms with Gasteiger partial charge in [-0.15, -0.1) is 0 Å². The Labute approximate surface area is 120 Å². The van der Waals surface area contributed by atoms with Crippen LogP contribution in [0.1, 0.15) is 43.0 Å². The lowest BCUT2D eigenvalue weighted by Crippen LogP contribution is -2.25. The summed E-state index contributed by atoms with van der Waals surface area (Å²) in [5.74, 6) is 0. The van der Waals surface area contributed by atoms with E-state index in [0.717, 1.165) is 12.8 Å². The van der Waals surface area contributed by atoms with E-state index in [0.29, 0.717) is 0 Å². The summed E-state index contributed by atoms with van der Waals surface area (Å²) >= 11 is 0. The molecule has 20 heavy (non-hydrogen) atoms. The van der Waals surface area contributed by atoms with E-state index in [4.69, 9.17) is 5.11 Å². The zero-order valence-corrected chi connectivity index (χ0v) is 11.9. The number of pyridine rings is 1. The van der Waals surface area contributed by atoms with Gasteiger partial charge in [-0.2, -0.15) is 0 Å². The number of rotatable bonds is 7. The van der Waals surface area contributed by atoms with Crippen molar-refractivity contribution in [2.75, 3.05) is 6.61 Å². The van der Waals surface area contributed by atoms with Crippen LogP contribution in [0.4, 0.5) is 0 Å². The maximum absolute atomic E-state index is 9.07. The fourth-order valence-corrected chi connectivity index (χ4v) is 2.36. The fraction of sp³-hybridized carbons (Fsp3) is 0.353. The van der Waals surface area contributed by atoms with Crippen LogP contribution in [-0.4, -0.2) is 16.7 Å². The second-order valence-electron chi connectivity index (χ2n) is 5.00. The summed E-state index contributed by atoms with van der Waals surface area (Å²) in [6.07, 6.45) is 5.37. The van der Waals surface area contributed by atoms with Crippen LogP contribution in [0.25, 0.3) is 0 Å². The molecule has 0 amide bonds. The van der Waals surface area contributed by atoms with Crippen molar-refractivity contribution in [1.29, 1.82) is 0 Å². The molecule has 1 aromatic heterocycles. The minimum atomic E-state index is 0.214. The molecule has 106 valence electrons. The number of aromatic nitrogens is 1. The number of aliphatic hydroxyl groups excluding tert-OH is 1. The molecule has 0 aliphatic carbocycles. The molecule has 1 heterocycles. The van der Waals surface area contributed by atoms with Crippen LogP contribution in [0.2, 0.25) is 0 Å². The second kappa shape index (κ2) is 7.78. The second-order valence-corrected chi connectivity index (χ2v) is 5.00. The Morgan fingerprint density at radius 1 is 1.10 bits per heavy atom. The Bertz CT molecular complexity index is 487. The van der Waals surface area contributed by atoms with Crippen molar-refractivity contribution in [3.8, 4) is 0 Å². The third-order valence-corrected chi connectivity index (χ3v) is 3.49. The summed E-state index contributed by atoms with van der Waals surface area (Å²) in [7, 11) is 0. The maximum Gasteiger partial charge on any atom is 0.0431 e. The van der Waals surface area contributed by atoms with Crippen molar-refractivity contribution >= 4 is 0 Å². The average molecular weight is 270 g/mol. The molecule has 0 saturated heterocycles. The highest BCUT2D eigenvalue weighted by molar-refractivity contribution is 5.20. The van der Waals surface area contributed by atoms with Gasteiger partial charge in [-0.05, 0) is 37.0 Å². The zero-order valence-electron chi connectivity index (χ0n) is 11.9. The lowest BCUT2D eigenvalue weighted by Gasteiger charge is -2.24. The Hall–Kier alpha value is -1.71. The summed E-state index contributed by atoms with van der Waals surface area (Å²) in [6, 6.07) is 14.9. The predicted octanol–water partition coefficient (Wildman–Crippen LogP) is 3.25. The molecule has 0 saturated carbocycles. The highest BCUT2D eigenvalue weighted by atomic mass is 16.2. The van der Waals surface area contributed by atoms with Gasteiger partial charge in [0.1, 0.15) is 0 Å². The van der Waals surface area contributed by atoms with Crippen molar-refractivity contribution in [1.82, 2.24) is 10.3 Å². The summed E-state index contributed by atoms with van der Waals surface area (Å²) in [6.45, 7) is 2.38. The first kappa shape index (κ1) is 14.7. The van der Waals surface area contributed by atoms with Gasteiger partial charge in [-0.25, -0.2) is 0 Å². The third kappa shape index (κ3) is 4.15. The molecule has 0 fully saturated rings. The maximum atomic E-state index is 9.07. The Morgan fingerprint density at radius 2 is 1.85 bits per heavy atom. The number of aliphatic hydroxyl groups is 1. The average Bonchev–Trinajstić information content (AvgIpc) is 2.53. The van der Waals surface area contributed by atoms with Gasteiger partial charge in [0.2, 0.25) is 0 Å². The topological polar surface area (TPSA) is 45.1 Å². The van der Waals surface area contributed by atoms with Crippen LogP contribution in [0.15, 0.2) is 54.9 Å². The van der Waals surface area contributed by atoms with E-state index in [-0.39, 0.29) is 18.7 Å². The molecular formula is C17H22N2O. The standard InChI is InChI=1S/C17H22N2O/c1-14(15-7-3-2-4-8-15)19-17(10-6-12-20)16-9-5-11-18-13-16/h2-5,7-9,11,13-14,17,19-20H,6,10,12H2,1H3/t14-,17-/m0/s1. The highest BCUT2D eigenvalue weighted by Gasteiger charge is 2.15. The first-order chi connectivity index (χ1) is 9.81. The first-order valence-corrected chi connectivity index (χ1v) is 7.13. The minimum absolute atomic E-state index is 0.214. The van der Waals surface area contributed by atoms with E-state index in [1.54, 1.807) is 6.20 Å². The molecule has 1 aromatic carbocycles. The van der Waals surface area contributed by atoms with Gasteiger partial charge in [0.25, 0.3) is 0 Å². The number of hydrogen-bond donors (Lipinski definition) is 2. The molecule has 0 spiro atoms. The van der Waals surface area contributed by atoms with E-state index < -0.39 is 0 Å². The smallest absolute Gasteiger partial charge is 0.0431 e. The van der Waals surface area contributed by atoms with E-state index in [9.17, 15) is 0 Å². The largest absolute Gasteiger partial charge is 0.396 e. The molecule has 2 N–H and O–H groups in total. The van der Waals surface area contributed by atoms with Gasteiger partial charge in [0.15, 0.2) is 0 Å². The number of hydrogen-bond acceptors (Lipinski definition) is 3. The van der Waals surface area contributed by atoms with Crippen LogP contribution >= 0.6 is 0 Å². The van der Waals surface area contributed by atoms with E-state index in [1.807, 2.05) is 18.3 Å². The molecular weight excluding hydrogens is 248 g/mol. The van der Waals surface area contributed by atoms with Crippen LogP contribution < -0.4 is 5.32 Å². The van der Waals surface area contributed by atoms with Crippen LogP contribution in [-0.2, 0) is 0 Å². The minimum Gasteiger partial charge on any atom is -0.396 e. The van der Waals surface area contributed by atoms with Gasteiger partial charge >= 0.3 is 0 Å². The molecule has 0 bridgehead atoms. The lowest BCUT2D eigenvalue weighted by molar-refractivity contribution is 0.272. The van der Waals surface area contributed by atoms with E-state index >= 15 is 0 Å². The molecule has 2 rings (SSSR count). The quantitative estimate of drug-likeness (QED) is 0.812. The molecule has 3 heteroatoms. The monoisotopic (exact) mass is 270 g/mol. The van der Waals surface area contributed by atoms with Gasteiger partial charge in [-0.3, -0.25) is 4.98 Å². The summed E-state index contributed by atoms with van der Waals surface area (Å²) in [4.78, 5) is 4.19. The Kier molecular flexibility index (Phi) is 5.71. The van der Waals surface area contributed by atoms with Gasteiger partial charge in [0, 0.05) is 31.1 Å². The van der Waals surface area contributed by atoms with Gasteiger partial charge in [0.05, 0.1) is 0 Å². The summed E-state index contributed by atoms with van der Waals surface area (Å²) < 4.78 is 0. The van der Waals surface area contributed by atoms with E-state index in [1.165, 1.54) is 11.1 Å². The highest BCUT2D eigenvalue weighted by Crippen LogP contribution is 2.22. The Morgan fingerprint density at radius 3 is 2.50 bits per heavy atom. The Balaban J connectivity index is 2.08. The van der Waals surface area contributed by atoms with Crippen molar-refractivity contribution in [2.45, 2.75) is 31.8 Å². The molecule has 2 atom stereocenters. The van der Waals surface area contributed by atoms with Crippen LogP contribution in [0.5, 0.6) is 0 Å². The van der Waals surface area contributed by atoms with Crippen molar-refractivity contribution in [2.24, 2.45) is 0 Å². The summed E-state index contributed by atoms with van der Waals surface area (Å²) in [5, 5.41) is 12.7. The normalized spacial score (nSPS) is 13.9. The number of benzene rings is 1. The van der Waals surface area contributed by atoms with Crippen molar-refractivity contribution in [3.63, 3.8) is 0 Å². The van der Waals surface area contributed by atoms with Gasteiger partial charge < -0.3 is 10.4 Å². The number of nitrogens with zero attached hydrogens (tertiary/aromatic N) is 1. The van der Waals surface area contributed by atoms with E-state index in [2.05, 4.69) is 47.6 Å². The molecule has 3 nitrogen and oxygen atoms in total. The molecule has 0 unspecified atom stereocenters. The van der Waals surface area contributed by atoms with Crippen molar-refractivity contribution in [3.05, 3.63) is 66.0 Å². The molecule has 0 radical (unpaired) electrons.